The van der Waals surface area contributed by atoms with Crippen LogP contribution in [0.1, 0.15) is 63.1 Å². The van der Waals surface area contributed by atoms with Crippen molar-refractivity contribution in [2.45, 2.75) is 57.7 Å². The summed E-state index contributed by atoms with van der Waals surface area (Å²) in [4.78, 5) is 0. The zero-order valence-corrected chi connectivity index (χ0v) is 18.5. The Balaban J connectivity index is 1.94. The quantitative estimate of drug-likeness (QED) is 0.485. The third-order valence-electron chi connectivity index (χ3n) is 5.73. The molecule has 5 heteroatoms. The zero-order chi connectivity index (χ0) is 21.6. The fourth-order valence-electron chi connectivity index (χ4n) is 4.03. The maximum absolute atomic E-state index is 10.8. The van der Waals surface area contributed by atoms with Crippen molar-refractivity contribution in [3.63, 3.8) is 0 Å². The fraction of sp³-hybridized carbons (Fsp3) is 0.440. The van der Waals surface area contributed by atoms with Crippen LogP contribution in [-0.4, -0.2) is 25.0 Å². The minimum atomic E-state index is -0.294. The molecule has 0 fully saturated rings. The Labute approximate surface area is 180 Å². The second-order valence-electron chi connectivity index (χ2n) is 8.10. The average Bonchev–Trinajstić information content (AvgIpc) is 2.76. The summed E-state index contributed by atoms with van der Waals surface area (Å²) in [5, 5.41) is 18.2. The minimum Gasteiger partial charge on any atom is -0.504 e. The van der Waals surface area contributed by atoms with Crippen molar-refractivity contribution < 1.29 is 14.6 Å². The summed E-state index contributed by atoms with van der Waals surface area (Å²) < 4.78 is 10.6. The lowest BCUT2D eigenvalue weighted by Crippen LogP contribution is -2.57. The largest absolute Gasteiger partial charge is 0.504 e. The van der Waals surface area contributed by atoms with E-state index in [1.54, 1.807) is 20.3 Å². The topological polar surface area (TPSA) is 62.8 Å². The predicted molar refractivity (Wildman–Crippen MR) is 122 cm³/mol. The molecule has 2 aromatic rings. The Morgan fingerprint density at radius 3 is 2.43 bits per heavy atom. The zero-order valence-electron chi connectivity index (χ0n) is 18.5. The molecule has 162 valence electrons. The Morgan fingerprint density at radius 1 is 1.00 bits per heavy atom. The fourth-order valence-corrected chi connectivity index (χ4v) is 4.03. The number of benzene rings is 2. The summed E-state index contributed by atoms with van der Waals surface area (Å²) in [5.74, 6) is 1.49. The number of aromatic hydroxyl groups is 1. The lowest BCUT2D eigenvalue weighted by molar-refractivity contribution is 0.257. The van der Waals surface area contributed by atoms with Gasteiger partial charge in [0.15, 0.2) is 11.5 Å². The molecule has 2 unspecified atom stereocenters. The average molecular weight is 411 g/mol. The molecular weight excluding hydrogens is 376 g/mol. The molecule has 2 aromatic carbocycles. The van der Waals surface area contributed by atoms with Gasteiger partial charge in [-0.05, 0) is 61.7 Å². The summed E-state index contributed by atoms with van der Waals surface area (Å²) >= 11 is 0. The van der Waals surface area contributed by atoms with Crippen LogP contribution in [-0.2, 0) is 0 Å². The summed E-state index contributed by atoms with van der Waals surface area (Å²) in [5.41, 5.74) is 2.64. The molecule has 0 radical (unpaired) electrons. The van der Waals surface area contributed by atoms with Crippen LogP contribution in [0.4, 0.5) is 0 Å². The second-order valence-corrected chi connectivity index (χ2v) is 8.10. The van der Waals surface area contributed by atoms with E-state index in [1.165, 1.54) is 19.3 Å². The van der Waals surface area contributed by atoms with Gasteiger partial charge < -0.3 is 19.9 Å². The summed E-state index contributed by atoms with van der Waals surface area (Å²) in [6, 6.07) is 13.5. The number of rotatable bonds is 9. The third kappa shape index (κ3) is 5.08. The van der Waals surface area contributed by atoms with E-state index >= 15 is 0 Å². The summed E-state index contributed by atoms with van der Waals surface area (Å²) in [6.07, 6.45) is 7.93. The van der Waals surface area contributed by atoms with E-state index in [2.05, 4.69) is 42.7 Å². The van der Waals surface area contributed by atoms with Gasteiger partial charge in [-0.25, -0.2) is 0 Å². The molecule has 0 spiro atoms. The Morgan fingerprint density at radius 2 is 1.77 bits per heavy atom. The van der Waals surface area contributed by atoms with Crippen LogP contribution in [0, 0.1) is 0 Å². The van der Waals surface area contributed by atoms with Crippen LogP contribution < -0.4 is 20.1 Å². The first-order valence-electron chi connectivity index (χ1n) is 10.8. The lowest BCUT2D eigenvalue weighted by Gasteiger charge is -2.41. The molecule has 3 N–H and O–H groups in total. The number of nitrogens with one attached hydrogen (secondary N) is 2. The van der Waals surface area contributed by atoms with E-state index in [0.29, 0.717) is 5.75 Å². The first kappa shape index (κ1) is 22.0. The van der Waals surface area contributed by atoms with Gasteiger partial charge in [0.25, 0.3) is 0 Å². The molecule has 0 aromatic heterocycles. The second kappa shape index (κ2) is 9.90. The van der Waals surface area contributed by atoms with E-state index in [4.69, 9.17) is 9.47 Å². The first-order chi connectivity index (χ1) is 14.5. The molecule has 2 atom stereocenters. The number of methoxy groups -OCH3 is 2. The molecule has 30 heavy (non-hydrogen) atoms. The van der Waals surface area contributed by atoms with Gasteiger partial charge in [-0.2, -0.15) is 0 Å². The van der Waals surface area contributed by atoms with Crippen molar-refractivity contribution >= 4 is 5.70 Å². The van der Waals surface area contributed by atoms with Crippen molar-refractivity contribution in [2.24, 2.45) is 0 Å². The monoisotopic (exact) mass is 410 g/mol. The third-order valence-corrected chi connectivity index (χ3v) is 5.73. The van der Waals surface area contributed by atoms with Gasteiger partial charge in [0, 0.05) is 11.3 Å². The summed E-state index contributed by atoms with van der Waals surface area (Å²) in [7, 11) is 3.25. The van der Waals surface area contributed by atoms with Crippen LogP contribution in [0.3, 0.4) is 0 Å². The number of phenols is 1. The Bertz CT molecular complexity index is 863. The maximum Gasteiger partial charge on any atom is 0.162 e. The molecule has 3 rings (SSSR count). The molecule has 1 heterocycles. The normalized spacial score (nSPS) is 20.9. The highest BCUT2D eigenvalue weighted by atomic mass is 16.5. The smallest absolute Gasteiger partial charge is 0.162 e. The van der Waals surface area contributed by atoms with Gasteiger partial charge in [-0.3, -0.25) is 5.32 Å². The first-order valence-corrected chi connectivity index (χ1v) is 10.8. The van der Waals surface area contributed by atoms with E-state index in [1.807, 2.05) is 24.3 Å². The van der Waals surface area contributed by atoms with Gasteiger partial charge in [-0.15, -0.1) is 0 Å². The van der Waals surface area contributed by atoms with Crippen molar-refractivity contribution in [2.75, 3.05) is 14.2 Å². The molecule has 0 aliphatic carbocycles. The van der Waals surface area contributed by atoms with E-state index in [-0.39, 0.29) is 17.5 Å². The molecule has 0 amide bonds. The minimum absolute atomic E-state index is 0.144. The molecule has 5 nitrogen and oxygen atoms in total. The van der Waals surface area contributed by atoms with Crippen molar-refractivity contribution in [1.29, 1.82) is 0 Å². The van der Waals surface area contributed by atoms with Gasteiger partial charge in [0.1, 0.15) is 5.75 Å². The van der Waals surface area contributed by atoms with E-state index in [9.17, 15) is 5.11 Å². The van der Waals surface area contributed by atoms with Gasteiger partial charge >= 0.3 is 0 Å². The molecule has 1 aliphatic rings. The number of phenolic OH excluding ortho intramolecular Hbond substituents is 1. The van der Waals surface area contributed by atoms with E-state index < -0.39 is 0 Å². The highest BCUT2D eigenvalue weighted by molar-refractivity contribution is 5.68. The molecule has 0 bridgehead atoms. The molecular formula is C25H34N2O3. The van der Waals surface area contributed by atoms with Crippen LogP contribution in [0.5, 0.6) is 17.2 Å². The number of unbranched alkanes of at least 4 members (excludes halogenated alkanes) is 3. The van der Waals surface area contributed by atoms with Crippen LogP contribution >= 0.6 is 0 Å². The number of hydrogen-bond acceptors (Lipinski definition) is 5. The summed E-state index contributed by atoms with van der Waals surface area (Å²) in [6.45, 7) is 4.42. The van der Waals surface area contributed by atoms with Crippen LogP contribution in [0.25, 0.3) is 5.70 Å². The van der Waals surface area contributed by atoms with Gasteiger partial charge in [-0.1, -0.05) is 38.3 Å². The number of hydrogen-bond donors (Lipinski definition) is 3. The lowest BCUT2D eigenvalue weighted by atomic mass is 9.92. The highest BCUT2D eigenvalue weighted by Crippen LogP contribution is 2.38. The predicted octanol–water partition coefficient (Wildman–Crippen LogP) is 5.37. The van der Waals surface area contributed by atoms with Crippen molar-refractivity contribution in [3.8, 4) is 17.2 Å². The SMILES string of the molecule is CCCCCCC1(C)NC(c2ccc(OC)cc2)=CC(c2cccc(OC)c2O)N1. The van der Waals surface area contributed by atoms with Gasteiger partial charge in [0.05, 0.1) is 25.9 Å². The van der Waals surface area contributed by atoms with Crippen molar-refractivity contribution in [3.05, 3.63) is 59.7 Å². The van der Waals surface area contributed by atoms with Crippen LogP contribution in [0.2, 0.25) is 0 Å². The van der Waals surface area contributed by atoms with Crippen molar-refractivity contribution in [1.82, 2.24) is 10.6 Å². The maximum atomic E-state index is 10.8. The molecule has 0 saturated heterocycles. The van der Waals surface area contributed by atoms with Gasteiger partial charge in [0.2, 0.25) is 0 Å². The number of ether oxygens (including phenoxy) is 2. The van der Waals surface area contributed by atoms with E-state index in [0.717, 1.165) is 35.4 Å². The highest BCUT2D eigenvalue weighted by Gasteiger charge is 2.33. The molecule has 0 saturated carbocycles. The van der Waals surface area contributed by atoms with Crippen LogP contribution in [0.15, 0.2) is 48.5 Å². The molecule has 1 aliphatic heterocycles. The Hall–Kier alpha value is -2.66. The Kier molecular flexibility index (Phi) is 7.27. The standard InChI is InChI=1S/C25H34N2O3/c1-5-6-7-8-16-25(2)26-21(18-12-14-19(29-3)15-13-18)17-22(27-25)20-10-9-11-23(30-4)24(20)28/h9-15,17,22,26-28H,5-8,16H2,1-4H3. The number of para-hydroxylation sites is 1.